The fourth-order valence-corrected chi connectivity index (χ4v) is 0.959. The van der Waals surface area contributed by atoms with Gasteiger partial charge in [-0.15, -0.1) is 0 Å². The number of halogens is 1. The molecule has 0 saturated carbocycles. The normalized spacial score (nSPS) is 12.2. The second-order valence-corrected chi connectivity index (χ2v) is 3.11. The van der Waals surface area contributed by atoms with E-state index in [9.17, 15) is 4.79 Å². The van der Waals surface area contributed by atoms with Gasteiger partial charge in [0.15, 0.2) is 5.56 Å². The molecule has 0 amide bonds. The molecule has 1 aromatic rings. The summed E-state index contributed by atoms with van der Waals surface area (Å²) in [6, 6.07) is 6.85. The molecule has 0 spiro atoms. The number of hydrogen-bond donors (Lipinski definition) is 0. The highest BCUT2D eigenvalue weighted by Gasteiger charge is 2.01. The van der Waals surface area contributed by atoms with E-state index in [0.717, 1.165) is 12.7 Å². The van der Waals surface area contributed by atoms with Crippen molar-refractivity contribution in [2.24, 2.45) is 0 Å². The van der Waals surface area contributed by atoms with Gasteiger partial charge in [0.05, 0.1) is 0 Å². The van der Waals surface area contributed by atoms with Crippen LogP contribution >= 0.6 is 11.6 Å². The fraction of sp³-hybridized carbons (Fsp3) is 0.300. The van der Waals surface area contributed by atoms with Gasteiger partial charge in [-0.2, -0.15) is 0 Å². The molecular weight excluding hydrogens is 188 g/mol. The topological polar surface area (TPSA) is 26.3 Å². The zero-order valence-electron chi connectivity index (χ0n) is 7.37. The molecule has 0 aliphatic rings. The first-order chi connectivity index (χ1) is 6.26. The van der Waals surface area contributed by atoms with E-state index in [1.807, 2.05) is 6.92 Å². The number of rotatable bonds is 4. The third-order valence-electron chi connectivity index (χ3n) is 1.60. The zero-order valence-corrected chi connectivity index (χ0v) is 8.12. The monoisotopic (exact) mass is 198 g/mol. The maximum atomic E-state index is 10.3. The van der Waals surface area contributed by atoms with Gasteiger partial charge in [-0.05, 0) is 30.7 Å². The van der Waals surface area contributed by atoms with Gasteiger partial charge in [-0.3, -0.25) is 4.79 Å². The summed E-state index contributed by atoms with van der Waals surface area (Å²) in [6.07, 6.45) is 1.54. The summed E-state index contributed by atoms with van der Waals surface area (Å²) in [4.78, 5) is 10.3. The van der Waals surface area contributed by atoms with Crippen molar-refractivity contribution in [1.29, 1.82) is 0 Å². The molecule has 0 radical (unpaired) electrons. The molecule has 0 saturated heterocycles. The summed E-state index contributed by atoms with van der Waals surface area (Å²) in [6.45, 7) is 1.94. The largest absolute Gasteiger partial charge is 0.475 e. The molecule has 1 aromatic carbocycles. The highest BCUT2D eigenvalue weighted by Crippen LogP contribution is 2.15. The van der Waals surface area contributed by atoms with Gasteiger partial charge in [-0.1, -0.05) is 18.5 Å². The number of carbonyl (C=O) groups excluding carboxylic acids is 1. The van der Waals surface area contributed by atoms with Gasteiger partial charge in [0.1, 0.15) is 12.0 Å². The Bertz CT molecular complexity index is 269. The predicted molar refractivity (Wildman–Crippen MR) is 52.4 cm³/mol. The molecule has 0 N–H and O–H groups in total. The first kappa shape index (κ1) is 10.1. The van der Waals surface area contributed by atoms with Gasteiger partial charge in [0, 0.05) is 5.56 Å². The summed E-state index contributed by atoms with van der Waals surface area (Å²) < 4.78 is 5.31. The van der Waals surface area contributed by atoms with E-state index in [4.69, 9.17) is 16.3 Å². The first-order valence-electron chi connectivity index (χ1n) is 4.12. The number of ether oxygens (including phenoxy) is 1. The number of benzene rings is 1. The Balaban J connectivity index is 2.63. The van der Waals surface area contributed by atoms with E-state index in [-0.39, 0.29) is 5.56 Å². The summed E-state index contributed by atoms with van der Waals surface area (Å²) >= 11 is 5.78. The van der Waals surface area contributed by atoms with E-state index < -0.39 is 0 Å². The molecule has 0 aromatic heterocycles. The van der Waals surface area contributed by atoms with Crippen molar-refractivity contribution in [2.75, 3.05) is 0 Å². The predicted octanol–water partition coefficient (Wildman–Crippen LogP) is 2.85. The Kier molecular flexibility index (Phi) is 3.77. The molecule has 13 heavy (non-hydrogen) atoms. The highest BCUT2D eigenvalue weighted by atomic mass is 35.5. The van der Waals surface area contributed by atoms with Crippen LogP contribution in [0.15, 0.2) is 24.3 Å². The molecule has 2 nitrogen and oxygen atoms in total. The number of aldehydes is 1. The quantitative estimate of drug-likeness (QED) is 0.549. The highest BCUT2D eigenvalue weighted by molar-refractivity contribution is 6.19. The van der Waals surface area contributed by atoms with Crippen LogP contribution in [-0.4, -0.2) is 11.8 Å². The number of alkyl halides is 1. The molecule has 3 heteroatoms. The maximum Gasteiger partial charge on any atom is 0.171 e. The molecule has 0 bridgehead atoms. The lowest BCUT2D eigenvalue weighted by atomic mass is 10.2. The first-order valence-corrected chi connectivity index (χ1v) is 4.56. The third kappa shape index (κ3) is 3.07. The minimum atomic E-state index is -0.304. The average molecular weight is 199 g/mol. The minimum Gasteiger partial charge on any atom is -0.475 e. The van der Waals surface area contributed by atoms with Crippen LogP contribution in [0.5, 0.6) is 5.75 Å². The number of hydrogen-bond acceptors (Lipinski definition) is 2. The smallest absolute Gasteiger partial charge is 0.171 e. The van der Waals surface area contributed by atoms with Gasteiger partial charge in [0.25, 0.3) is 0 Å². The van der Waals surface area contributed by atoms with Crippen molar-refractivity contribution < 1.29 is 9.53 Å². The third-order valence-corrected chi connectivity index (χ3v) is 2.00. The summed E-state index contributed by atoms with van der Waals surface area (Å²) in [5.41, 5.74) is 0.331. The van der Waals surface area contributed by atoms with Crippen LogP contribution in [-0.2, 0) is 0 Å². The molecule has 70 valence electrons. The minimum absolute atomic E-state index is 0.304. The van der Waals surface area contributed by atoms with Crippen LogP contribution in [0.4, 0.5) is 0 Å². The lowest BCUT2D eigenvalue weighted by Crippen LogP contribution is -2.06. The summed E-state index contributed by atoms with van der Waals surface area (Å²) in [7, 11) is 0. The van der Waals surface area contributed by atoms with E-state index in [1.54, 1.807) is 24.3 Å². The second-order valence-electron chi connectivity index (χ2n) is 2.62. The van der Waals surface area contributed by atoms with Crippen LogP contribution in [0.25, 0.3) is 0 Å². The molecule has 0 aliphatic carbocycles. The van der Waals surface area contributed by atoms with Gasteiger partial charge in [0.2, 0.25) is 0 Å². The van der Waals surface area contributed by atoms with Crippen molar-refractivity contribution in [3.63, 3.8) is 0 Å². The van der Waals surface area contributed by atoms with Crippen molar-refractivity contribution in [1.82, 2.24) is 0 Å². The molecular formula is C10H11ClO2. The van der Waals surface area contributed by atoms with Crippen LogP contribution < -0.4 is 4.74 Å². The van der Waals surface area contributed by atoms with Crippen LogP contribution in [0.3, 0.4) is 0 Å². The summed E-state index contributed by atoms with van der Waals surface area (Å²) in [5, 5.41) is 0. The Labute approximate surface area is 82.5 Å². The van der Waals surface area contributed by atoms with E-state index in [0.29, 0.717) is 11.3 Å². The average Bonchev–Trinajstić information content (AvgIpc) is 2.19. The Morgan fingerprint density at radius 2 is 2.08 bits per heavy atom. The molecule has 1 atom stereocenters. The standard InChI is InChI=1S/C10H11ClO2/c1-2-10(11)13-9-5-3-8(7-12)4-6-9/h3-7,10H,2H2,1H3. The fourth-order valence-electron chi connectivity index (χ4n) is 0.856. The maximum absolute atomic E-state index is 10.3. The van der Waals surface area contributed by atoms with Crippen LogP contribution in [0.2, 0.25) is 0 Å². The molecule has 1 unspecified atom stereocenters. The zero-order chi connectivity index (χ0) is 9.68. The van der Waals surface area contributed by atoms with E-state index in [2.05, 4.69) is 0 Å². The molecule has 1 rings (SSSR count). The summed E-state index contributed by atoms with van der Waals surface area (Å²) in [5.74, 6) is 0.687. The van der Waals surface area contributed by atoms with Gasteiger partial charge < -0.3 is 4.74 Å². The second kappa shape index (κ2) is 4.87. The lowest BCUT2D eigenvalue weighted by molar-refractivity contribution is 0.112. The van der Waals surface area contributed by atoms with Crippen molar-refractivity contribution in [2.45, 2.75) is 18.9 Å². The van der Waals surface area contributed by atoms with Gasteiger partial charge in [-0.25, -0.2) is 0 Å². The Hall–Kier alpha value is -1.02. The lowest BCUT2D eigenvalue weighted by Gasteiger charge is -2.09. The Morgan fingerprint density at radius 3 is 2.54 bits per heavy atom. The molecule has 0 aliphatic heterocycles. The Morgan fingerprint density at radius 1 is 1.46 bits per heavy atom. The van der Waals surface area contributed by atoms with Crippen molar-refractivity contribution in [3.05, 3.63) is 29.8 Å². The SMILES string of the molecule is CCC(Cl)Oc1ccc(C=O)cc1. The number of carbonyl (C=O) groups is 1. The van der Waals surface area contributed by atoms with E-state index >= 15 is 0 Å². The van der Waals surface area contributed by atoms with E-state index in [1.165, 1.54) is 0 Å². The van der Waals surface area contributed by atoms with Gasteiger partial charge >= 0.3 is 0 Å². The molecule has 0 fully saturated rings. The molecule has 0 heterocycles. The van der Waals surface area contributed by atoms with Crippen LogP contribution in [0, 0.1) is 0 Å². The van der Waals surface area contributed by atoms with Crippen LogP contribution in [0.1, 0.15) is 23.7 Å². The van der Waals surface area contributed by atoms with Crippen molar-refractivity contribution in [3.8, 4) is 5.75 Å². The van der Waals surface area contributed by atoms with Crippen molar-refractivity contribution >= 4 is 17.9 Å².